The zero-order chi connectivity index (χ0) is 14.3. The summed E-state index contributed by atoms with van der Waals surface area (Å²) < 4.78 is 0. The van der Waals surface area contributed by atoms with Crippen LogP contribution in [0.1, 0.15) is 56.1 Å². The zero-order valence-corrected chi connectivity index (χ0v) is 12.6. The maximum Gasteiger partial charge on any atom is 0.0654 e. The maximum absolute atomic E-state index is 10.7. The highest BCUT2D eigenvalue weighted by Crippen LogP contribution is 2.60. The van der Waals surface area contributed by atoms with Gasteiger partial charge in [-0.05, 0) is 47.6 Å². The first-order valence-corrected chi connectivity index (χ1v) is 8.11. The molecule has 1 aromatic carbocycles. The second-order valence-electron chi connectivity index (χ2n) is 6.99. The maximum atomic E-state index is 10.7. The molecule has 0 spiro atoms. The van der Waals surface area contributed by atoms with E-state index in [9.17, 15) is 5.11 Å². The van der Waals surface area contributed by atoms with Gasteiger partial charge < -0.3 is 10.8 Å². The third kappa shape index (κ3) is 2.40. The minimum atomic E-state index is -0.250. The normalized spacial score (nSPS) is 31.1. The predicted molar refractivity (Wildman–Crippen MR) is 82.7 cm³/mol. The molecule has 0 saturated heterocycles. The van der Waals surface area contributed by atoms with Crippen molar-refractivity contribution in [3.8, 4) is 0 Å². The lowest BCUT2D eigenvalue weighted by Gasteiger charge is -2.24. The van der Waals surface area contributed by atoms with E-state index in [0.29, 0.717) is 18.4 Å². The van der Waals surface area contributed by atoms with E-state index in [4.69, 9.17) is 5.73 Å². The van der Waals surface area contributed by atoms with Crippen LogP contribution in [0.3, 0.4) is 0 Å². The summed E-state index contributed by atoms with van der Waals surface area (Å²) in [5, 5.41) is 10.7. The van der Waals surface area contributed by atoms with E-state index in [0.717, 1.165) is 11.8 Å². The minimum Gasteiger partial charge on any atom is -0.392 e. The Morgan fingerprint density at radius 1 is 1.10 bits per heavy atom. The molecule has 0 aromatic heterocycles. The lowest BCUT2D eigenvalue weighted by Crippen LogP contribution is -2.29. The topological polar surface area (TPSA) is 46.2 Å². The van der Waals surface area contributed by atoms with Gasteiger partial charge in [0.1, 0.15) is 0 Å². The Labute approximate surface area is 122 Å². The van der Waals surface area contributed by atoms with E-state index in [2.05, 4.69) is 38.1 Å². The molecule has 4 unspecified atom stereocenters. The summed E-state index contributed by atoms with van der Waals surface area (Å²) in [6.45, 7) is 4.95. The summed E-state index contributed by atoms with van der Waals surface area (Å²) in [6.07, 6.45) is 3.74. The fourth-order valence-corrected chi connectivity index (χ4v) is 4.25. The molecular weight excluding hydrogens is 246 g/mol. The molecule has 0 heterocycles. The average molecular weight is 273 g/mol. The number of rotatable bonds is 5. The molecule has 110 valence electrons. The summed E-state index contributed by atoms with van der Waals surface area (Å²) >= 11 is 0. The highest BCUT2D eigenvalue weighted by atomic mass is 16.3. The van der Waals surface area contributed by atoms with Gasteiger partial charge in [0.15, 0.2) is 0 Å². The van der Waals surface area contributed by atoms with E-state index < -0.39 is 0 Å². The molecule has 2 aliphatic carbocycles. The third-order valence-corrected chi connectivity index (χ3v) is 5.56. The number of hydrogen-bond acceptors (Lipinski definition) is 2. The molecule has 1 aromatic rings. The molecule has 0 aliphatic heterocycles. The monoisotopic (exact) mass is 273 g/mol. The molecule has 0 radical (unpaired) electrons. The van der Waals surface area contributed by atoms with Crippen LogP contribution in [0.15, 0.2) is 24.3 Å². The second-order valence-corrected chi connectivity index (χ2v) is 6.99. The van der Waals surface area contributed by atoms with Crippen molar-refractivity contribution in [2.45, 2.75) is 51.0 Å². The van der Waals surface area contributed by atoms with Crippen molar-refractivity contribution >= 4 is 0 Å². The Bertz CT molecular complexity index is 443. The van der Waals surface area contributed by atoms with Gasteiger partial charge in [-0.15, -0.1) is 0 Å². The Morgan fingerprint density at radius 3 is 2.15 bits per heavy atom. The minimum absolute atomic E-state index is 0.104. The van der Waals surface area contributed by atoms with Crippen LogP contribution in [-0.4, -0.2) is 17.8 Å². The van der Waals surface area contributed by atoms with Crippen molar-refractivity contribution in [3.63, 3.8) is 0 Å². The van der Waals surface area contributed by atoms with E-state index >= 15 is 0 Å². The second kappa shape index (κ2) is 5.50. The highest BCUT2D eigenvalue weighted by molar-refractivity contribution is 5.29. The Kier molecular flexibility index (Phi) is 3.87. The van der Waals surface area contributed by atoms with Crippen LogP contribution in [0.2, 0.25) is 0 Å². The SMILES string of the molecule is CC(C)c1ccc(C(CN)C(O)C2C3CCCC32)cc1. The number of hydrogen-bond donors (Lipinski definition) is 2. The van der Waals surface area contributed by atoms with E-state index in [1.54, 1.807) is 0 Å². The largest absolute Gasteiger partial charge is 0.392 e. The molecule has 0 amide bonds. The lowest BCUT2D eigenvalue weighted by atomic mass is 9.87. The lowest BCUT2D eigenvalue weighted by molar-refractivity contribution is 0.108. The van der Waals surface area contributed by atoms with Crippen molar-refractivity contribution < 1.29 is 5.11 Å². The van der Waals surface area contributed by atoms with Gasteiger partial charge in [-0.25, -0.2) is 0 Å². The van der Waals surface area contributed by atoms with E-state index in [1.165, 1.54) is 30.4 Å². The smallest absolute Gasteiger partial charge is 0.0654 e. The van der Waals surface area contributed by atoms with Crippen LogP contribution in [0.25, 0.3) is 0 Å². The first-order valence-electron chi connectivity index (χ1n) is 8.11. The third-order valence-electron chi connectivity index (χ3n) is 5.56. The number of aliphatic hydroxyl groups is 1. The highest BCUT2D eigenvalue weighted by Gasteiger charge is 2.56. The Hall–Kier alpha value is -0.860. The van der Waals surface area contributed by atoms with Crippen LogP contribution < -0.4 is 5.73 Å². The van der Waals surface area contributed by atoms with Crippen LogP contribution in [0, 0.1) is 17.8 Å². The molecule has 20 heavy (non-hydrogen) atoms. The van der Waals surface area contributed by atoms with Crippen LogP contribution in [0.4, 0.5) is 0 Å². The molecule has 2 heteroatoms. The molecule has 2 fully saturated rings. The van der Waals surface area contributed by atoms with Gasteiger partial charge in [-0.3, -0.25) is 0 Å². The fourth-order valence-electron chi connectivity index (χ4n) is 4.25. The van der Waals surface area contributed by atoms with Gasteiger partial charge in [-0.2, -0.15) is 0 Å². The summed E-state index contributed by atoms with van der Waals surface area (Å²) in [7, 11) is 0. The number of nitrogens with two attached hydrogens (primary N) is 1. The first kappa shape index (κ1) is 14.1. The van der Waals surface area contributed by atoms with Crippen LogP contribution in [0.5, 0.6) is 0 Å². The summed E-state index contributed by atoms with van der Waals surface area (Å²) in [5.74, 6) is 2.74. The van der Waals surface area contributed by atoms with Crippen molar-refractivity contribution in [2.75, 3.05) is 6.54 Å². The summed E-state index contributed by atoms with van der Waals surface area (Å²) in [6, 6.07) is 8.69. The predicted octanol–water partition coefficient (Wildman–Crippen LogP) is 3.26. The van der Waals surface area contributed by atoms with Gasteiger partial charge in [0.2, 0.25) is 0 Å². The summed E-state index contributed by atoms with van der Waals surface area (Å²) in [4.78, 5) is 0. The van der Waals surface area contributed by atoms with Gasteiger partial charge in [-0.1, -0.05) is 44.5 Å². The molecule has 3 rings (SSSR count). The standard InChI is InChI=1S/C18H27NO/c1-11(2)12-6-8-13(9-7-12)16(10-19)18(20)17-14-4-3-5-15(14)17/h6-9,11,14-18,20H,3-5,10,19H2,1-2H3. The van der Waals surface area contributed by atoms with Gasteiger partial charge in [0.25, 0.3) is 0 Å². The fraction of sp³-hybridized carbons (Fsp3) is 0.667. The molecule has 2 aliphatic rings. The molecule has 2 nitrogen and oxygen atoms in total. The van der Waals surface area contributed by atoms with Gasteiger partial charge >= 0.3 is 0 Å². The van der Waals surface area contributed by atoms with Crippen molar-refractivity contribution in [2.24, 2.45) is 23.5 Å². The average Bonchev–Trinajstić information content (AvgIpc) is 2.93. The van der Waals surface area contributed by atoms with Gasteiger partial charge in [0.05, 0.1) is 6.10 Å². The van der Waals surface area contributed by atoms with Crippen LogP contribution in [-0.2, 0) is 0 Å². The first-order chi connectivity index (χ1) is 9.63. The van der Waals surface area contributed by atoms with Crippen molar-refractivity contribution in [1.29, 1.82) is 0 Å². The molecule has 2 saturated carbocycles. The Morgan fingerprint density at radius 2 is 1.65 bits per heavy atom. The molecule has 0 bridgehead atoms. The molecule has 3 N–H and O–H groups in total. The van der Waals surface area contributed by atoms with E-state index in [1.807, 2.05) is 0 Å². The Balaban J connectivity index is 1.72. The van der Waals surface area contributed by atoms with Crippen molar-refractivity contribution in [3.05, 3.63) is 35.4 Å². The van der Waals surface area contributed by atoms with Crippen LogP contribution >= 0.6 is 0 Å². The number of benzene rings is 1. The zero-order valence-electron chi connectivity index (χ0n) is 12.6. The molecular formula is C18H27NO. The number of aliphatic hydroxyl groups excluding tert-OH is 1. The van der Waals surface area contributed by atoms with Gasteiger partial charge in [0, 0.05) is 12.5 Å². The van der Waals surface area contributed by atoms with Crippen molar-refractivity contribution in [1.82, 2.24) is 0 Å². The summed E-state index contributed by atoms with van der Waals surface area (Å²) in [5.41, 5.74) is 8.51. The molecule has 4 atom stereocenters. The quantitative estimate of drug-likeness (QED) is 0.865. The number of fused-ring (bicyclic) bond motifs is 1. The van der Waals surface area contributed by atoms with E-state index in [-0.39, 0.29) is 12.0 Å².